The molecule has 1 aliphatic rings. The lowest BCUT2D eigenvalue weighted by atomic mass is 9.94. The Morgan fingerprint density at radius 2 is 1.79 bits per heavy atom. The molecule has 2 heterocycles. The molecule has 2 aromatic carbocycles. The number of hydrogen-bond donors (Lipinski definition) is 1. The maximum Gasteiger partial charge on any atom is 0.317 e. The van der Waals surface area contributed by atoms with Gasteiger partial charge in [0.05, 0.1) is 5.69 Å². The van der Waals surface area contributed by atoms with Gasteiger partial charge >= 0.3 is 6.03 Å². The molecule has 3 aromatic rings. The Morgan fingerprint density at radius 1 is 1.03 bits per heavy atom. The van der Waals surface area contributed by atoms with Crippen LogP contribution in [0.3, 0.4) is 0 Å². The van der Waals surface area contributed by atoms with Crippen molar-refractivity contribution in [3.63, 3.8) is 0 Å². The lowest BCUT2D eigenvalue weighted by Crippen LogP contribution is -2.43. The Bertz CT molecular complexity index is 887. The first-order valence-corrected chi connectivity index (χ1v) is 9.96. The number of benzene rings is 2. The summed E-state index contributed by atoms with van der Waals surface area (Å²) in [6, 6.07) is 19.8. The highest BCUT2D eigenvalue weighted by atomic mass is 16.5. The highest BCUT2D eigenvalue weighted by Crippen LogP contribution is 2.26. The maximum atomic E-state index is 12.4. The van der Waals surface area contributed by atoms with E-state index in [1.807, 2.05) is 65.6 Å². The van der Waals surface area contributed by atoms with Crippen LogP contribution in [-0.2, 0) is 13.2 Å². The molecule has 0 spiro atoms. The van der Waals surface area contributed by atoms with Crippen molar-refractivity contribution in [2.45, 2.75) is 31.9 Å². The summed E-state index contributed by atoms with van der Waals surface area (Å²) in [6.45, 7) is 2.51. The fourth-order valence-corrected chi connectivity index (χ4v) is 3.54. The minimum absolute atomic E-state index is 0.0204. The third kappa shape index (κ3) is 5.16. The SMILES string of the molecule is O=C(NCc1ccc(OCc2ccccc2)cc1)N1CCC(c2ccon2)CC1. The zero-order chi connectivity index (χ0) is 19.9. The number of hydrogen-bond acceptors (Lipinski definition) is 4. The topological polar surface area (TPSA) is 67.6 Å². The number of urea groups is 1. The van der Waals surface area contributed by atoms with Crippen molar-refractivity contribution in [2.24, 2.45) is 0 Å². The normalized spacial score (nSPS) is 14.6. The molecule has 1 N–H and O–H groups in total. The molecule has 2 amide bonds. The van der Waals surface area contributed by atoms with Gasteiger partial charge in [0.25, 0.3) is 0 Å². The number of amides is 2. The summed E-state index contributed by atoms with van der Waals surface area (Å²) in [6.07, 6.45) is 3.42. The van der Waals surface area contributed by atoms with E-state index in [9.17, 15) is 4.79 Å². The van der Waals surface area contributed by atoms with Crippen molar-refractivity contribution in [3.8, 4) is 5.75 Å². The largest absolute Gasteiger partial charge is 0.489 e. The van der Waals surface area contributed by atoms with Gasteiger partial charge in [-0.15, -0.1) is 0 Å². The standard InChI is InChI=1S/C23H25N3O3/c27-23(26-13-10-20(11-14-26)22-12-15-29-25-22)24-16-18-6-8-21(9-7-18)28-17-19-4-2-1-3-5-19/h1-9,12,15,20H,10-11,13-14,16-17H2,(H,24,27). The number of piperidine rings is 1. The van der Waals surface area contributed by atoms with Gasteiger partial charge in [-0.2, -0.15) is 0 Å². The number of nitrogens with zero attached hydrogens (tertiary/aromatic N) is 2. The molecule has 1 fully saturated rings. The van der Waals surface area contributed by atoms with Gasteiger partial charge < -0.3 is 19.5 Å². The van der Waals surface area contributed by atoms with E-state index in [1.165, 1.54) is 0 Å². The molecule has 0 unspecified atom stereocenters. The molecule has 0 saturated carbocycles. The van der Waals surface area contributed by atoms with Crippen LogP contribution in [-0.4, -0.2) is 29.2 Å². The van der Waals surface area contributed by atoms with Gasteiger partial charge in [-0.25, -0.2) is 4.79 Å². The van der Waals surface area contributed by atoms with E-state index in [0.29, 0.717) is 19.1 Å². The van der Waals surface area contributed by atoms with Crippen molar-refractivity contribution >= 4 is 6.03 Å². The highest BCUT2D eigenvalue weighted by molar-refractivity contribution is 5.74. The average molecular weight is 391 g/mol. The number of carbonyl (C=O) groups is 1. The number of rotatable bonds is 6. The van der Waals surface area contributed by atoms with Gasteiger partial charge in [0.1, 0.15) is 18.6 Å². The predicted molar refractivity (Wildman–Crippen MR) is 110 cm³/mol. The molecule has 4 rings (SSSR count). The van der Waals surface area contributed by atoms with Crippen LogP contribution < -0.4 is 10.1 Å². The van der Waals surface area contributed by atoms with E-state index in [0.717, 1.165) is 48.5 Å². The van der Waals surface area contributed by atoms with Gasteiger partial charge in [0.2, 0.25) is 0 Å². The molecule has 1 aromatic heterocycles. The number of carbonyl (C=O) groups excluding carboxylic acids is 1. The Kier molecular flexibility index (Phi) is 6.10. The molecule has 0 bridgehead atoms. The van der Waals surface area contributed by atoms with Crippen LogP contribution in [0, 0.1) is 0 Å². The monoisotopic (exact) mass is 391 g/mol. The molecule has 0 radical (unpaired) electrons. The zero-order valence-corrected chi connectivity index (χ0v) is 16.3. The Labute approximate surface area is 170 Å². The fraction of sp³-hybridized carbons (Fsp3) is 0.304. The van der Waals surface area contributed by atoms with Crippen LogP contribution in [0.25, 0.3) is 0 Å². The van der Waals surface area contributed by atoms with Gasteiger partial charge in [-0.3, -0.25) is 0 Å². The Hall–Kier alpha value is -3.28. The summed E-state index contributed by atoms with van der Waals surface area (Å²) in [5.41, 5.74) is 3.17. The summed E-state index contributed by atoms with van der Waals surface area (Å²) in [4.78, 5) is 14.3. The van der Waals surface area contributed by atoms with Crippen LogP contribution in [0.5, 0.6) is 5.75 Å². The van der Waals surface area contributed by atoms with E-state index in [1.54, 1.807) is 6.26 Å². The van der Waals surface area contributed by atoms with Crippen molar-refractivity contribution < 1.29 is 14.1 Å². The van der Waals surface area contributed by atoms with Crippen molar-refractivity contribution in [2.75, 3.05) is 13.1 Å². The summed E-state index contributed by atoms with van der Waals surface area (Å²) in [7, 11) is 0. The first-order chi connectivity index (χ1) is 14.3. The average Bonchev–Trinajstić information content (AvgIpc) is 3.33. The zero-order valence-electron chi connectivity index (χ0n) is 16.3. The fourth-order valence-electron chi connectivity index (χ4n) is 3.54. The Morgan fingerprint density at radius 3 is 2.48 bits per heavy atom. The summed E-state index contributed by atoms with van der Waals surface area (Å²) >= 11 is 0. The molecular weight excluding hydrogens is 366 g/mol. The van der Waals surface area contributed by atoms with Gasteiger partial charge in [-0.05, 0) is 36.1 Å². The van der Waals surface area contributed by atoms with Crippen LogP contribution in [0.15, 0.2) is 71.4 Å². The van der Waals surface area contributed by atoms with Crippen molar-refractivity contribution in [3.05, 3.63) is 83.7 Å². The number of ether oxygens (including phenoxy) is 1. The van der Waals surface area contributed by atoms with Crippen LogP contribution >= 0.6 is 0 Å². The minimum Gasteiger partial charge on any atom is -0.489 e. The van der Waals surface area contributed by atoms with Gasteiger partial charge in [0.15, 0.2) is 0 Å². The molecule has 6 heteroatoms. The predicted octanol–water partition coefficient (Wildman–Crippen LogP) is 4.34. The third-order valence-electron chi connectivity index (χ3n) is 5.27. The maximum absolute atomic E-state index is 12.4. The second-order valence-corrected chi connectivity index (χ2v) is 7.26. The van der Waals surface area contributed by atoms with E-state index >= 15 is 0 Å². The molecular formula is C23H25N3O3. The summed E-state index contributed by atoms with van der Waals surface area (Å²) in [5, 5.41) is 7.03. The van der Waals surface area contributed by atoms with Crippen molar-refractivity contribution in [1.29, 1.82) is 0 Å². The second-order valence-electron chi connectivity index (χ2n) is 7.26. The lowest BCUT2D eigenvalue weighted by molar-refractivity contribution is 0.180. The smallest absolute Gasteiger partial charge is 0.317 e. The molecule has 1 saturated heterocycles. The van der Waals surface area contributed by atoms with Gasteiger partial charge in [0, 0.05) is 31.6 Å². The first-order valence-electron chi connectivity index (χ1n) is 9.96. The van der Waals surface area contributed by atoms with Crippen molar-refractivity contribution in [1.82, 2.24) is 15.4 Å². The van der Waals surface area contributed by atoms with Crippen LogP contribution in [0.4, 0.5) is 4.79 Å². The molecule has 0 atom stereocenters. The molecule has 6 nitrogen and oxygen atoms in total. The molecule has 29 heavy (non-hydrogen) atoms. The number of aromatic nitrogens is 1. The van der Waals surface area contributed by atoms with Gasteiger partial charge in [-0.1, -0.05) is 47.6 Å². The lowest BCUT2D eigenvalue weighted by Gasteiger charge is -2.31. The third-order valence-corrected chi connectivity index (χ3v) is 5.27. The van der Waals surface area contributed by atoms with E-state index in [4.69, 9.17) is 9.26 Å². The summed E-state index contributed by atoms with van der Waals surface area (Å²) in [5.74, 6) is 1.19. The summed E-state index contributed by atoms with van der Waals surface area (Å²) < 4.78 is 10.7. The van der Waals surface area contributed by atoms with Crippen LogP contribution in [0.2, 0.25) is 0 Å². The highest BCUT2D eigenvalue weighted by Gasteiger charge is 2.25. The van der Waals surface area contributed by atoms with E-state index in [-0.39, 0.29) is 6.03 Å². The number of likely N-dealkylation sites (tertiary alicyclic amines) is 1. The Balaban J connectivity index is 1.20. The van der Waals surface area contributed by atoms with E-state index < -0.39 is 0 Å². The second kappa shape index (κ2) is 9.28. The van der Waals surface area contributed by atoms with E-state index in [2.05, 4.69) is 10.5 Å². The molecule has 1 aliphatic heterocycles. The first kappa shape index (κ1) is 19.1. The number of nitrogens with one attached hydrogen (secondary N) is 1. The minimum atomic E-state index is -0.0204. The molecule has 150 valence electrons. The quantitative estimate of drug-likeness (QED) is 0.679. The van der Waals surface area contributed by atoms with Crippen LogP contribution in [0.1, 0.15) is 35.6 Å². The molecule has 0 aliphatic carbocycles.